The smallest absolute Gasteiger partial charge is 0.0596 e. The minimum Gasteiger partial charge on any atom is -0.379 e. The van der Waals surface area contributed by atoms with Gasteiger partial charge in [0.05, 0.1) is 17.6 Å². The Morgan fingerprint density at radius 1 is 1.28 bits per heavy atom. The number of benzene rings is 1. The first-order chi connectivity index (χ1) is 8.70. The van der Waals surface area contributed by atoms with Gasteiger partial charge < -0.3 is 10.2 Å². The van der Waals surface area contributed by atoms with Gasteiger partial charge in [-0.15, -0.1) is 0 Å². The molecule has 0 amide bonds. The Balaban J connectivity index is 2.05. The van der Waals surface area contributed by atoms with Gasteiger partial charge in [0, 0.05) is 38.9 Å². The Kier molecular flexibility index (Phi) is 3.87. The molecular weight excluding hydrogens is 224 g/mol. The molecule has 96 valence electrons. The summed E-state index contributed by atoms with van der Waals surface area (Å²) in [7, 11) is 4.10. The second kappa shape index (κ2) is 5.58. The molecule has 0 aliphatic carbocycles. The molecule has 2 aromatic rings. The third-order valence-electron chi connectivity index (χ3n) is 2.88. The van der Waals surface area contributed by atoms with Crippen LogP contribution in [0.1, 0.15) is 12.5 Å². The van der Waals surface area contributed by atoms with E-state index in [9.17, 15) is 0 Å². The highest BCUT2D eigenvalue weighted by Gasteiger charge is 2.03. The lowest BCUT2D eigenvalue weighted by Crippen LogP contribution is -2.11. The van der Waals surface area contributed by atoms with Gasteiger partial charge in [0.2, 0.25) is 0 Å². The van der Waals surface area contributed by atoms with Crippen molar-refractivity contribution in [2.45, 2.75) is 20.0 Å². The van der Waals surface area contributed by atoms with Crippen molar-refractivity contribution in [1.82, 2.24) is 9.78 Å². The van der Waals surface area contributed by atoms with E-state index in [2.05, 4.69) is 60.7 Å². The number of para-hydroxylation sites is 2. The summed E-state index contributed by atoms with van der Waals surface area (Å²) in [6.07, 6.45) is 3.99. The molecule has 4 heteroatoms. The highest BCUT2D eigenvalue weighted by molar-refractivity contribution is 5.69. The first kappa shape index (κ1) is 12.5. The van der Waals surface area contributed by atoms with E-state index in [0.29, 0.717) is 0 Å². The third-order valence-corrected chi connectivity index (χ3v) is 2.88. The van der Waals surface area contributed by atoms with Crippen LogP contribution in [-0.2, 0) is 13.1 Å². The molecule has 0 aliphatic heterocycles. The number of aromatic nitrogens is 2. The van der Waals surface area contributed by atoms with Crippen LogP contribution in [0, 0.1) is 0 Å². The van der Waals surface area contributed by atoms with Crippen molar-refractivity contribution in [2.75, 3.05) is 24.3 Å². The summed E-state index contributed by atoms with van der Waals surface area (Å²) in [6, 6.07) is 8.30. The quantitative estimate of drug-likeness (QED) is 0.877. The number of anilines is 2. The number of nitrogens with zero attached hydrogens (tertiary/aromatic N) is 3. The highest BCUT2D eigenvalue weighted by atomic mass is 15.3. The molecule has 0 bridgehead atoms. The van der Waals surface area contributed by atoms with Crippen molar-refractivity contribution < 1.29 is 0 Å². The Bertz CT molecular complexity index is 502. The number of hydrogen-bond acceptors (Lipinski definition) is 3. The molecule has 0 atom stereocenters. The van der Waals surface area contributed by atoms with Crippen molar-refractivity contribution >= 4 is 11.4 Å². The zero-order chi connectivity index (χ0) is 13.0. The first-order valence-electron chi connectivity index (χ1n) is 6.22. The largest absolute Gasteiger partial charge is 0.379 e. The third kappa shape index (κ3) is 2.83. The van der Waals surface area contributed by atoms with Crippen LogP contribution in [0.5, 0.6) is 0 Å². The second-order valence-corrected chi connectivity index (χ2v) is 4.47. The second-order valence-electron chi connectivity index (χ2n) is 4.47. The molecular formula is C14H20N4. The van der Waals surface area contributed by atoms with E-state index in [1.54, 1.807) is 0 Å². The Labute approximate surface area is 108 Å². The lowest BCUT2D eigenvalue weighted by Gasteiger charge is -2.18. The van der Waals surface area contributed by atoms with Crippen LogP contribution >= 0.6 is 0 Å². The van der Waals surface area contributed by atoms with E-state index in [0.717, 1.165) is 18.8 Å². The Hall–Kier alpha value is -1.97. The predicted molar refractivity (Wildman–Crippen MR) is 76.0 cm³/mol. The minimum absolute atomic E-state index is 0.796. The standard InChI is InChI=1S/C14H20N4/c1-4-18-11-12(10-16-18)9-15-13-7-5-6-8-14(13)17(2)3/h5-8,10-11,15H,4,9H2,1-3H3. The molecule has 0 unspecified atom stereocenters. The fourth-order valence-corrected chi connectivity index (χ4v) is 1.88. The molecule has 1 aromatic carbocycles. The van der Waals surface area contributed by atoms with Gasteiger partial charge in [-0.1, -0.05) is 12.1 Å². The molecule has 18 heavy (non-hydrogen) atoms. The summed E-state index contributed by atoms with van der Waals surface area (Å²) in [4.78, 5) is 2.11. The van der Waals surface area contributed by atoms with Gasteiger partial charge in [-0.3, -0.25) is 4.68 Å². The predicted octanol–water partition coefficient (Wildman–Crippen LogP) is 2.58. The molecule has 0 saturated carbocycles. The average Bonchev–Trinajstić information content (AvgIpc) is 2.84. The van der Waals surface area contributed by atoms with E-state index < -0.39 is 0 Å². The molecule has 0 aliphatic rings. The van der Waals surface area contributed by atoms with Crippen LogP contribution in [0.15, 0.2) is 36.7 Å². The van der Waals surface area contributed by atoms with Gasteiger partial charge >= 0.3 is 0 Å². The molecule has 1 aromatic heterocycles. The maximum Gasteiger partial charge on any atom is 0.0596 e. The van der Waals surface area contributed by atoms with E-state index in [1.807, 2.05) is 16.9 Å². The maximum absolute atomic E-state index is 4.27. The highest BCUT2D eigenvalue weighted by Crippen LogP contribution is 2.23. The van der Waals surface area contributed by atoms with Crippen molar-refractivity contribution in [3.63, 3.8) is 0 Å². The SMILES string of the molecule is CCn1cc(CNc2ccccc2N(C)C)cn1. The summed E-state index contributed by atoms with van der Waals surface area (Å²) in [5.41, 5.74) is 3.54. The van der Waals surface area contributed by atoms with Crippen molar-refractivity contribution in [3.05, 3.63) is 42.2 Å². The topological polar surface area (TPSA) is 33.1 Å². The van der Waals surface area contributed by atoms with Crippen LogP contribution in [0.3, 0.4) is 0 Å². The average molecular weight is 244 g/mol. The summed E-state index contributed by atoms with van der Waals surface area (Å²) < 4.78 is 1.94. The molecule has 1 heterocycles. The zero-order valence-corrected chi connectivity index (χ0v) is 11.2. The number of hydrogen-bond donors (Lipinski definition) is 1. The lowest BCUT2D eigenvalue weighted by molar-refractivity contribution is 0.659. The van der Waals surface area contributed by atoms with E-state index in [-0.39, 0.29) is 0 Å². The van der Waals surface area contributed by atoms with Crippen molar-refractivity contribution in [3.8, 4) is 0 Å². The van der Waals surface area contributed by atoms with E-state index in [1.165, 1.54) is 11.3 Å². The van der Waals surface area contributed by atoms with Crippen LogP contribution in [-0.4, -0.2) is 23.9 Å². The molecule has 0 spiro atoms. The number of aryl methyl sites for hydroxylation is 1. The van der Waals surface area contributed by atoms with Crippen molar-refractivity contribution in [2.24, 2.45) is 0 Å². The maximum atomic E-state index is 4.27. The Morgan fingerprint density at radius 3 is 2.72 bits per heavy atom. The molecule has 0 saturated heterocycles. The molecule has 0 fully saturated rings. The Morgan fingerprint density at radius 2 is 2.06 bits per heavy atom. The summed E-state index contributed by atoms with van der Waals surface area (Å²) in [5, 5.41) is 7.72. The van der Waals surface area contributed by atoms with Crippen LogP contribution in [0.25, 0.3) is 0 Å². The van der Waals surface area contributed by atoms with Gasteiger partial charge in [-0.25, -0.2) is 0 Å². The number of rotatable bonds is 5. The van der Waals surface area contributed by atoms with Crippen molar-refractivity contribution in [1.29, 1.82) is 0 Å². The van der Waals surface area contributed by atoms with Gasteiger partial charge in [0.15, 0.2) is 0 Å². The monoisotopic (exact) mass is 244 g/mol. The first-order valence-corrected chi connectivity index (χ1v) is 6.22. The van der Waals surface area contributed by atoms with E-state index >= 15 is 0 Å². The molecule has 2 rings (SSSR count). The van der Waals surface area contributed by atoms with Crippen LogP contribution in [0.2, 0.25) is 0 Å². The van der Waals surface area contributed by atoms with Crippen LogP contribution < -0.4 is 10.2 Å². The fraction of sp³-hybridized carbons (Fsp3) is 0.357. The van der Waals surface area contributed by atoms with Gasteiger partial charge in [0.1, 0.15) is 0 Å². The minimum atomic E-state index is 0.796. The fourth-order valence-electron chi connectivity index (χ4n) is 1.88. The van der Waals surface area contributed by atoms with Gasteiger partial charge in [-0.2, -0.15) is 5.10 Å². The number of nitrogens with one attached hydrogen (secondary N) is 1. The summed E-state index contributed by atoms with van der Waals surface area (Å²) in [5.74, 6) is 0. The van der Waals surface area contributed by atoms with Crippen LogP contribution in [0.4, 0.5) is 11.4 Å². The van der Waals surface area contributed by atoms with Gasteiger partial charge in [-0.05, 0) is 19.1 Å². The summed E-state index contributed by atoms with van der Waals surface area (Å²) >= 11 is 0. The zero-order valence-electron chi connectivity index (χ0n) is 11.2. The molecule has 0 radical (unpaired) electrons. The van der Waals surface area contributed by atoms with E-state index in [4.69, 9.17) is 0 Å². The molecule has 1 N–H and O–H groups in total. The normalized spacial score (nSPS) is 10.4. The summed E-state index contributed by atoms with van der Waals surface area (Å²) in [6.45, 7) is 3.80. The van der Waals surface area contributed by atoms with Gasteiger partial charge in [0.25, 0.3) is 0 Å². The molecule has 4 nitrogen and oxygen atoms in total. The lowest BCUT2D eigenvalue weighted by atomic mass is 10.2.